The molecular formula is C16H22N4. The Morgan fingerprint density at radius 3 is 2.45 bits per heavy atom. The van der Waals surface area contributed by atoms with Gasteiger partial charge in [-0.15, -0.1) is 10.2 Å². The highest BCUT2D eigenvalue weighted by molar-refractivity contribution is 5.43. The Bertz CT molecular complexity index is 577. The second-order valence-corrected chi connectivity index (χ2v) is 6.25. The molecule has 20 heavy (non-hydrogen) atoms. The van der Waals surface area contributed by atoms with Gasteiger partial charge in [-0.25, -0.2) is 0 Å². The van der Waals surface area contributed by atoms with Crippen LogP contribution in [-0.4, -0.2) is 14.8 Å². The molecule has 0 aliphatic heterocycles. The highest BCUT2D eigenvalue weighted by Crippen LogP contribution is 2.36. The maximum Gasteiger partial charge on any atom is 0.143 e. The Hall–Kier alpha value is -1.84. The quantitative estimate of drug-likeness (QED) is 0.871. The SMILES string of the molecule is CC(C)(c1ccc(N)cc1)c1nncn1C1CCCC1. The number of rotatable bonds is 3. The molecule has 4 heteroatoms. The summed E-state index contributed by atoms with van der Waals surface area (Å²) in [6, 6.07) is 8.64. The van der Waals surface area contributed by atoms with Gasteiger partial charge in [0.15, 0.2) is 0 Å². The maximum atomic E-state index is 5.78. The lowest BCUT2D eigenvalue weighted by Gasteiger charge is -2.27. The van der Waals surface area contributed by atoms with E-state index >= 15 is 0 Å². The van der Waals surface area contributed by atoms with E-state index in [9.17, 15) is 0 Å². The summed E-state index contributed by atoms with van der Waals surface area (Å²) in [5, 5.41) is 8.58. The van der Waals surface area contributed by atoms with E-state index in [0.29, 0.717) is 6.04 Å². The van der Waals surface area contributed by atoms with Gasteiger partial charge in [0.05, 0.1) is 0 Å². The van der Waals surface area contributed by atoms with E-state index in [1.807, 2.05) is 18.5 Å². The number of hydrogen-bond donors (Lipinski definition) is 1. The standard InChI is InChI=1S/C16H22N4/c1-16(2,12-7-9-13(17)10-8-12)15-19-18-11-20(15)14-5-3-4-6-14/h7-11,14H,3-6,17H2,1-2H3. The first-order chi connectivity index (χ1) is 9.59. The molecule has 0 atom stereocenters. The molecule has 1 fully saturated rings. The molecule has 0 unspecified atom stereocenters. The summed E-state index contributed by atoms with van der Waals surface area (Å²) in [6.07, 6.45) is 6.99. The van der Waals surface area contributed by atoms with Crippen LogP contribution >= 0.6 is 0 Å². The number of benzene rings is 1. The molecule has 1 saturated carbocycles. The fourth-order valence-electron chi connectivity index (χ4n) is 3.17. The second kappa shape index (κ2) is 4.93. The largest absolute Gasteiger partial charge is 0.399 e. The van der Waals surface area contributed by atoms with Crippen molar-refractivity contribution in [2.45, 2.75) is 51.0 Å². The van der Waals surface area contributed by atoms with Gasteiger partial charge in [0, 0.05) is 17.1 Å². The van der Waals surface area contributed by atoms with E-state index < -0.39 is 0 Å². The Morgan fingerprint density at radius 2 is 1.80 bits per heavy atom. The molecule has 0 bridgehead atoms. The predicted octanol–water partition coefficient (Wildman–Crippen LogP) is 3.30. The summed E-state index contributed by atoms with van der Waals surface area (Å²) in [4.78, 5) is 0. The van der Waals surface area contributed by atoms with Crippen molar-refractivity contribution in [2.75, 3.05) is 5.73 Å². The van der Waals surface area contributed by atoms with Crippen molar-refractivity contribution in [3.05, 3.63) is 42.0 Å². The van der Waals surface area contributed by atoms with Crippen LogP contribution in [0.3, 0.4) is 0 Å². The van der Waals surface area contributed by atoms with Gasteiger partial charge < -0.3 is 10.3 Å². The summed E-state index contributed by atoms with van der Waals surface area (Å²) in [5.41, 5.74) is 7.64. The van der Waals surface area contributed by atoms with Crippen molar-refractivity contribution in [2.24, 2.45) is 0 Å². The van der Waals surface area contributed by atoms with E-state index in [2.05, 4.69) is 40.7 Å². The van der Waals surface area contributed by atoms with E-state index in [1.165, 1.54) is 31.2 Å². The zero-order chi connectivity index (χ0) is 14.2. The molecule has 0 spiro atoms. The topological polar surface area (TPSA) is 56.7 Å². The van der Waals surface area contributed by atoms with Crippen LogP contribution in [0.25, 0.3) is 0 Å². The van der Waals surface area contributed by atoms with Crippen LogP contribution in [0.5, 0.6) is 0 Å². The summed E-state index contributed by atoms with van der Waals surface area (Å²) < 4.78 is 2.28. The normalized spacial score (nSPS) is 16.7. The van der Waals surface area contributed by atoms with E-state index in [0.717, 1.165) is 11.5 Å². The number of nitrogens with zero attached hydrogens (tertiary/aromatic N) is 3. The van der Waals surface area contributed by atoms with Gasteiger partial charge in [-0.2, -0.15) is 0 Å². The molecule has 3 rings (SSSR count). The lowest BCUT2D eigenvalue weighted by molar-refractivity contribution is 0.452. The Balaban J connectivity index is 1.98. The molecule has 1 aliphatic carbocycles. The van der Waals surface area contributed by atoms with Crippen LogP contribution in [-0.2, 0) is 5.41 Å². The van der Waals surface area contributed by atoms with Crippen LogP contribution in [0.2, 0.25) is 0 Å². The summed E-state index contributed by atoms with van der Waals surface area (Å²) in [7, 11) is 0. The van der Waals surface area contributed by atoms with Gasteiger partial charge in [-0.1, -0.05) is 25.0 Å². The minimum absolute atomic E-state index is 0.160. The van der Waals surface area contributed by atoms with Crippen molar-refractivity contribution in [1.29, 1.82) is 0 Å². The van der Waals surface area contributed by atoms with Crippen molar-refractivity contribution < 1.29 is 0 Å². The first-order valence-corrected chi connectivity index (χ1v) is 7.35. The van der Waals surface area contributed by atoms with Crippen LogP contribution in [0.4, 0.5) is 5.69 Å². The minimum atomic E-state index is -0.160. The molecule has 0 saturated heterocycles. The van der Waals surface area contributed by atoms with Crippen LogP contribution < -0.4 is 5.73 Å². The molecule has 106 valence electrons. The van der Waals surface area contributed by atoms with E-state index in [4.69, 9.17) is 5.73 Å². The van der Waals surface area contributed by atoms with Gasteiger partial charge in [-0.05, 0) is 44.4 Å². The second-order valence-electron chi connectivity index (χ2n) is 6.25. The highest BCUT2D eigenvalue weighted by Gasteiger charge is 2.31. The third kappa shape index (κ3) is 2.19. The molecule has 1 aromatic carbocycles. The van der Waals surface area contributed by atoms with Crippen molar-refractivity contribution in [3.63, 3.8) is 0 Å². The van der Waals surface area contributed by atoms with Gasteiger partial charge in [-0.3, -0.25) is 0 Å². The van der Waals surface area contributed by atoms with Crippen LogP contribution in [0.15, 0.2) is 30.6 Å². The zero-order valence-corrected chi connectivity index (χ0v) is 12.2. The Morgan fingerprint density at radius 1 is 1.15 bits per heavy atom. The number of aromatic nitrogens is 3. The van der Waals surface area contributed by atoms with E-state index in [1.54, 1.807) is 0 Å². The molecular weight excluding hydrogens is 248 g/mol. The smallest absolute Gasteiger partial charge is 0.143 e. The average Bonchev–Trinajstić information content (AvgIpc) is 3.10. The van der Waals surface area contributed by atoms with E-state index in [-0.39, 0.29) is 5.41 Å². The van der Waals surface area contributed by atoms with Crippen LogP contribution in [0.1, 0.15) is 57.0 Å². The number of nitrogen functional groups attached to an aromatic ring is 1. The summed E-state index contributed by atoms with van der Waals surface area (Å²) in [5.74, 6) is 1.05. The molecule has 1 aromatic heterocycles. The van der Waals surface area contributed by atoms with Crippen molar-refractivity contribution >= 4 is 5.69 Å². The van der Waals surface area contributed by atoms with Crippen molar-refractivity contribution in [3.8, 4) is 0 Å². The molecule has 0 radical (unpaired) electrons. The number of anilines is 1. The molecule has 2 N–H and O–H groups in total. The van der Waals surface area contributed by atoms with Gasteiger partial charge in [0.25, 0.3) is 0 Å². The molecule has 2 aromatic rings. The Labute approximate surface area is 120 Å². The minimum Gasteiger partial charge on any atom is -0.399 e. The van der Waals surface area contributed by atoms with Gasteiger partial charge in [0.1, 0.15) is 12.2 Å². The number of hydrogen-bond acceptors (Lipinski definition) is 3. The third-order valence-corrected chi connectivity index (χ3v) is 4.48. The lowest BCUT2D eigenvalue weighted by atomic mass is 9.83. The lowest BCUT2D eigenvalue weighted by Crippen LogP contribution is -2.25. The first-order valence-electron chi connectivity index (χ1n) is 7.35. The van der Waals surface area contributed by atoms with Crippen molar-refractivity contribution in [1.82, 2.24) is 14.8 Å². The van der Waals surface area contributed by atoms with Gasteiger partial charge >= 0.3 is 0 Å². The fourth-order valence-corrected chi connectivity index (χ4v) is 3.17. The zero-order valence-electron chi connectivity index (χ0n) is 12.2. The summed E-state index contributed by atoms with van der Waals surface area (Å²) >= 11 is 0. The fraction of sp³-hybridized carbons (Fsp3) is 0.500. The predicted molar refractivity (Wildman–Crippen MR) is 80.5 cm³/mol. The molecule has 4 nitrogen and oxygen atoms in total. The molecule has 1 heterocycles. The third-order valence-electron chi connectivity index (χ3n) is 4.48. The maximum absolute atomic E-state index is 5.78. The van der Waals surface area contributed by atoms with Crippen LogP contribution in [0, 0.1) is 0 Å². The average molecular weight is 270 g/mol. The number of nitrogens with two attached hydrogens (primary N) is 1. The highest BCUT2D eigenvalue weighted by atomic mass is 15.3. The summed E-state index contributed by atoms with van der Waals surface area (Å²) in [6.45, 7) is 4.40. The molecule has 1 aliphatic rings. The Kier molecular flexibility index (Phi) is 3.24. The first kappa shape index (κ1) is 13.2. The van der Waals surface area contributed by atoms with Gasteiger partial charge in [0.2, 0.25) is 0 Å². The molecule has 0 amide bonds. The monoisotopic (exact) mass is 270 g/mol.